The Morgan fingerprint density at radius 1 is 0.566 bits per heavy atom. The molecule has 6 aromatic carbocycles. The van der Waals surface area contributed by atoms with Gasteiger partial charge in [-0.25, -0.2) is 9.97 Å². The van der Waals surface area contributed by atoms with E-state index >= 15 is 0 Å². The molecular weight excluding hydrogens is 667 g/mol. The Balaban J connectivity index is 1.28. The van der Waals surface area contributed by atoms with E-state index in [0.29, 0.717) is 5.88 Å². The van der Waals surface area contributed by atoms with E-state index in [1.807, 2.05) is 18.2 Å². The van der Waals surface area contributed by atoms with E-state index in [9.17, 15) is 0 Å². The lowest BCUT2D eigenvalue weighted by molar-refractivity contribution is 0.463. The van der Waals surface area contributed by atoms with Gasteiger partial charge in [0.15, 0.2) is 0 Å². The highest BCUT2D eigenvalue weighted by molar-refractivity contribution is 7.21. The highest BCUT2D eigenvalue weighted by Gasteiger charge is 2.44. The first-order valence-corrected chi connectivity index (χ1v) is 18.8. The lowest BCUT2D eigenvalue weighted by Gasteiger charge is -2.45. The smallest absolute Gasteiger partial charge is 0.252 e. The molecule has 0 saturated heterocycles. The lowest BCUT2D eigenvalue weighted by Crippen LogP contribution is -2.61. The van der Waals surface area contributed by atoms with Crippen LogP contribution in [0.15, 0.2) is 140 Å². The molecule has 7 heteroatoms. The average molecular weight is 703 g/mol. The fourth-order valence-corrected chi connectivity index (χ4v) is 9.40. The van der Waals surface area contributed by atoms with E-state index < -0.39 is 0 Å². The second kappa shape index (κ2) is 12.2. The van der Waals surface area contributed by atoms with Crippen LogP contribution in [0.5, 0.6) is 11.6 Å². The molecule has 8 aromatic rings. The number of aromatic nitrogens is 2. The third kappa shape index (κ3) is 4.99. The minimum Gasteiger partial charge on any atom is -0.439 e. The first-order chi connectivity index (χ1) is 25.9. The van der Waals surface area contributed by atoms with Gasteiger partial charge in [0, 0.05) is 40.6 Å². The third-order valence-electron chi connectivity index (χ3n) is 10.7. The molecule has 0 atom stereocenters. The summed E-state index contributed by atoms with van der Waals surface area (Å²) in [4.78, 5) is 14.6. The standard InChI is InChI=1S/C46H35BN4OS/c1-28-12-9-13-29(2)44(28)50-37-23-21-32(46-49-36-16-5-6-19-41(36)53-46)26-34(37)47-35-27-33(52-42-20-7-8-25-48-42)22-24-38(35)51(40-18-11-17-39(50)43(40)47)45-30(3)14-10-15-31(45)4/h5-27H,1-4H3. The second-order valence-electron chi connectivity index (χ2n) is 14.0. The maximum Gasteiger partial charge on any atom is 0.252 e. The van der Waals surface area contributed by atoms with Crippen molar-refractivity contribution in [3.05, 3.63) is 162 Å². The van der Waals surface area contributed by atoms with Crippen molar-refractivity contribution in [1.29, 1.82) is 0 Å². The molecule has 0 spiro atoms. The Morgan fingerprint density at radius 3 is 1.81 bits per heavy atom. The summed E-state index contributed by atoms with van der Waals surface area (Å²) in [6, 6.07) is 47.6. The number of hydrogen-bond donors (Lipinski definition) is 0. The van der Waals surface area contributed by atoms with Gasteiger partial charge in [-0.2, -0.15) is 0 Å². The minimum atomic E-state index is -0.0750. The van der Waals surface area contributed by atoms with Crippen molar-refractivity contribution in [1.82, 2.24) is 9.97 Å². The quantitative estimate of drug-likeness (QED) is 0.167. The number of nitrogens with zero attached hydrogens (tertiary/aromatic N) is 4. The number of rotatable bonds is 5. The summed E-state index contributed by atoms with van der Waals surface area (Å²) in [5, 5.41) is 1.02. The molecule has 5 nitrogen and oxygen atoms in total. The van der Waals surface area contributed by atoms with Crippen LogP contribution in [-0.4, -0.2) is 16.7 Å². The molecule has 0 fully saturated rings. The van der Waals surface area contributed by atoms with Gasteiger partial charge in [0.2, 0.25) is 5.88 Å². The monoisotopic (exact) mass is 702 g/mol. The molecule has 0 bridgehead atoms. The Kier molecular flexibility index (Phi) is 7.27. The average Bonchev–Trinajstić information content (AvgIpc) is 3.61. The largest absolute Gasteiger partial charge is 0.439 e. The Bertz CT molecular complexity index is 2650. The molecule has 0 unspecified atom stereocenters. The molecule has 2 aromatic heterocycles. The molecule has 0 saturated carbocycles. The maximum absolute atomic E-state index is 6.45. The van der Waals surface area contributed by atoms with Gasteiger partial charge in [-0.15, -0.1) is 11.3 Å². The minimum absolute atomic E-state index is 0.0750. The zero-order valence-corrected chi connectivity index (χ0v) is 30.8. The number of anilines is 6. The Labute approximate surface area is 313 Å². The number of ether oxygens (including phenoxy) is 1. The van der Waals surface area contributed by atoms with Crippen molar-refractivity contribution in [2.75, 3.05) is 9.80 Å². The maximum atomic E-state index is 6.45. The van der Waals surface area contributed by atoms with Gasteiger partial charge in [-0.05, 0) is 127 Å². The molecule has 0 aliphatic carbocycles. The van der Waals surface area contributed by atoms with Crippen LogP contribution in [0, 0.1) is 27.7 Å². The summed E-state index contributed by atoms with van der Waals surface area (Å²) in [5.41, 5.74) is 17.8. The van der Waals surface area contributed by atoms with Crippen LogP contribution in [0.2, 0.25) is 0 Å². The Morgan fingerprint density at radius 2 is 1.17 bits per heavy atom. The Hall–Kier alpha value is -6.18. The van der Waals surface area contributed by atoms with Crippen LogP contribution in [0.1, 0.15) is 22.3 Å². The van der Waals surface area contributed by atoms with Gasteiger partial charge < -0.3 is 14.5 Å². The second-order valence-corrected chi connectivity index (χ2v) is 15.1. The van der Waals surface area contributed by atoms with Crippen LogP contribution in [-0.2, 0) is 0 Å². The van der Waals surface area contributed by atoms with Gasteiger partial charge in [-0.1, -0.05) is 66.7 Å². The third-order valence-corrected chi connectivity index (χ3v) is 11.8. The number of pyridine rings is 1. The van der Waals surface area contributed by atoms with Gasteiger partial charge in [-0.3, -0.25) is 0 Å². The molecule has 4 heterocycles. The fraction of sp³-hybridized carbons (Fsp3) is 0.0870. The molecule has 0 radical (unpaired) electrons. The van der Waals surface area contributed by atoms with Gasteiger partial charge in [0.25, 0.3) is 6.71 Å². The van der Waals surface area contributed by atoms with E-state index in [0.717, 1.165) is 27.5 Å². The van der Waals surface area contributed by atoms with Crippen LogP contribution in [0.25, 0.3) is 20.8 Å². The summed E-state index contributed by atoms with van der Waals surface area (Å²) in [6.07, 6.45) is 1.77. The van der Waals surface area contributed by atoms with Crippen molar-refractivity contribution < 1.29 is 4.74 Å². The van der Waals surface area contributed by atoms with E-state index in [4.69, 9.17) is 9.72 Å². The normalized spacial score (nSPS) is 12.8. The van der Waals surface area contributed by atoms with Gasteiger partial charge in [0.05, 0.1) is 21.6 Å². The fourth-order valence-electron chi connectivity index (χ4n) is 8.44. The summed E-state index contributed by atoms with van der Waals surface area (Å²) < 4.78 is 7.64. The number of benzene rings is 6. The zero-order valence-electron chi connectivity index (χ0n) is 30.0. The molecule has 53 heavy (non-hydrogen) atoms. The summed E-state index contributed by atoms with van der Waals surface area (Å²) >= 11 is 1.74. The highest BCUT2D eigenvalue weighted by Crippen LogP contribution is 2.47. The number of thiazole rings is 1. The molecule has 254 valence electrons. The molecule has 0 amide bonds. The van der Waals surface area contributed by atoms with Gasteiger partial charge in [0.1, 0.15) is 10.8 Å². The SMILES string of the molecule is Cc1cccc(C)c1N1c2ccc(Oc3ccccn3)cc2B2c3cc(-c4nc5ccccc5s4)ccc3N(c3c(C)cccc3C)c3cccc1c32. The molecule has 0 N–H and O–H groups in total. The summed E-state index contributed by atoms with van der Waals surface area (Å²) in [7, 11) is 0. The van der Waals surface area contributed by atoms with Crippen LogP contribution in [0.4, 0.5) is 34.1 Å². The number of para-hydroxylation sites is 3. The van der Waals surface area contributed by atoms with Gasteiger partial charge >= 0.3 is 0 Å². The lowest BCUT2D eigenvalue weighted by atomic mass is 9.33. The van der Waals surface area contributed by atoms with E-state index in [2.05, 4.69) is 158 Å². The van der Waals surface area contributed by atoms with Crippen molar-refractivity contribution in [2.24, 2.45) is 0 Å². The van der Waals surface area contributed by atoms with E-state index in [1.165, 1.54) is 71.8 Å². The van der Waals surface area contributed by atoms with Crippen molar-refractivity contribution in [3.8, 4) is 22.2 Å². The molecular formula is C46H35BN4OS. The summed E-state index contributed by atoms with van der Waals surface area (Å²) in [5.74, 6) is 1.32. The van der Waals surface area contributed by atoms with E-state index in [-0.39, 0.29) is 6.71 Å². The molecule has 10 rings (SSSR count). The van der Waals surface area contributed by atoms with Crippen molar-refractivity contribution in [2.45, 2.75) is 27.7 Å². The van der Waals surface area contributed by atoms with Crippen molar-refractivity contribution in [3.63, 3.8) is 0 Å². The first kappa shape index (κ1) is 31.6. The predicted octanol–water partition coefficient (Wildman–Crippen LogP) is 10.5. The zero-order chi connectivity index (χ0) is 35.8. The van der Waals surface area contributed by atoms with Crippen molar-refractivity contribution >= 4 is 78.8 Å². The topological polar surface area (TPSA) is 41.5 Å². The van der Waals surface area contributed by atoms with Crippen LogP contribution < -0.4 is 30.9 Å². The van der Waals surface area contributed by atoms with E-state index in [1.54, 1.807) is 17.5 Å². The molecule has 2 aliphatic heterocycles. The number of hydrogen-bond acceptors (Lipinski definition) is 6. The highest BCUT2D eigenvalue weighted by atomic mass is 32.1. The molecule has 2 aliphatic rings. The predicted molar refractivity (Wildman–Crippen MR) is 222 cm³/mol. The van der Waals surface area contributed by atoms with Crippen LogP contribution in [0.3, 0.4) is 0 Å². The van der Waals surface area contributed by atoms with Crippen LogP contribution >= 0.6 is 11.3 Å². The first-order valence-electron chi connectivity index (χ1n) is 18.0. The number of fused-ring (bicyclic) bond motifs is 5. The number of aryl methyl sites for hydroxylation is 4. The summed E-state index contributed by atoms with van der Waals surface area (Å²) in [6.45, 7) is 8.79.